The summed E-state index contributed by atoms with van der Waals surface area (Å²) >= 11 is 3.26. The van der Waals surface area contributed by atoms with Crippen LogP contribution in [-0.4, -0.2) is 34.2 Å². The molecule has 0 aliphatic carbocycles. The van der Waals surface area contributed by atoms with Crippen LogP contribution < -0.4 is 0 Å². The molecule has 1 atom stereocenters. The normalized spacial score (nSPS) is 22.8. The van der Waals surface area contributed by atoms with E-state index in [9.17, 15) is 4.79 Å². The van der Waals surface area contributed by atoms with Gasteiger partial charge in [0.1, 0.15) is 10.6 Å². The van der Waals surface area contributed by atoms with E-state index in [0.717, 1.165) is 17.6 Å². The Hall–Kier alpha value is -0.840. The lowest BCUT2D eigenvalue weighted by Crippen LogP contribution is -2.24. The fraction of sp³-hybridized carbons (Fsp3) is 0.500. The molecule has 1 aliphatic heterocycles. The molecule has 1 amide bonds. The Kier molecular flexibility index (Phi) is 2.11. The standard InChI is InChI=1S/C8H10BrN3O/c1-11-4-2-6(8(11)13)12-5-3-7(9)10-12/h3,5-6H,2,4H2,1H3. The Morgan fingerprint density at radius 3 is 2.92 bits per heavy atom. The van der Waals surface area contributed by atoms with Gasteiger partial charge in [0.15, 0.2) is 0 Å². The molecule has 4 nitrogen and oxygen atoms in total. The van der Waals surface area contributed by atoms with Crippen LogP contribution in [0.5, 0.6) is 0 Å². The van der Waals surface area contributed by atoms with Crippen LogP contribution >= 0.6 is 15.9 Å². The molecule has 2 rings (SSSR count). The summed E-state index contributed by atoms with van der Waals surface area (Å²) in [5, 5.41) is 4.16. The minimum absolute atomic E-state index is 0.101. The third-order valence-corrected chi connectivity index (χ3v) is 2.72. The lowest BCUT2D eigenvalue weighted by molar-refractivity contribution is -0.129. The van der Waals surface area contributed by atoms with Crippen LogP contribution in [0.4, 0.5) is 0 Å². The average Bonchev–Trinajstić information content (AvgIpc) is 2.62. The van der Waals surface area contributed by atoms with Crippen LogP contribution in [0.15, 0.2) is 16.9 Å². The number of aromatic nitrogens is 2. The minimum atomic E-state index is -0.101. The Labute approximate surface area is 84.6 Å². The van der Waals surface area contributed by atoms with Crippen molar-refractivity contribution in [3.05, 3.63) is 16.9 Å². The van der Waals surface area contributed by atoms with Crippen molar-refractivity contribution in [2.45, 2.75) is 12.5 Å². The Bertz CT molecular complexity index is 336. The maximum absolute atomic E-state index is 11.6. The highest BCUT2D eigenvalue weighted by Gasteiger charge is 2.30. The van der Waals surface area contributed by atoms with Gasteiger partial charge in [0.2, 0.25) is 5.91 Å². The summed E-state index contributed by atoms with van der Waals surface area (Å²) in [6, 6.07) is 1.74. The van der Waals surface area contributed by atoms with Gasteiger partial charge in [0.25, 0.3) is 0 Å². The predicted molar refractivity (Wildman–Crippen MR) is 51.2 cm³/mol. The van der Waals surface area contributed by atoms with E-state index in [1.807, 2.05) is 19.3 Å². The van der Waals surface area contributed by atoms with E-state index in [4.69, 9.17) is 0 Å². The summed E-state index contributed by atoms with van der Waals surface area (Å²) in [5.74, 6) is 0.149. The molecule has 1 saturated heterocycles. The first-order valence-electron chi connectivity index (χ1n) is 4.14. The Balaban J connectivity index is 2.23. The minimum Gasteiger partial charge on any atom is -0.344 e. The molecule has 0 N–H and O–H groups in total. The fourth-order valence-corrected chi connectivity index (χ4v) is 1.84. The van der Waals surface area contributed by atoms with Crippen molar-refractivity contribution in [2.75, 3.05) is 13.6 Å². The maximum atomic E-state index is 11.6. The summed E-state index contributed by atoms with van der Waals surface area (Å²) in [6.07, 6.45) is 2.68. The van der Waals surface area contributed by atoms with E-state index in [-0.39, 0.29) is 11.9 Å². The number of hydrogen-bond acceptors (Lipinski definition) is 2. The second kappa shape index (κ2) is 3.14. The fourth-order valence-electron chi connectivity index (χ4n) is 1.54. The Morgan fingerprint density at radius 1 is 1.69 bits per heavy atom. The molecule has 1 unspecified atom stereocenters. The molecule has 1 fully saturated rings. The number of carbonyl (C=O) groups excluding carboxylic acids is 1. The van der Waals surface area contributed by atoms with Crippen LogP contribution in [0, 0.1) is 0 Å². The van der Waals surface area contributed by atoms with E-state index in [2.05, 4.69) is 21.0 Å². The smallest absolute Gasteiger partial charge is 0.247 e. The van der Waals surface area contributed by atoms with Crippen LogP contribution in [0.3, 0.4) is 0 Å². The van der Waals surface area contributed by atoms with Gasteiger partial charge in [-0.25, -0.2) is 0 Å². The van der Waals surface area contributed by atoms with Gasteiger partial charge in [-0.3, -0.25) is 9.48 Å². The van der Waals surface area contributed by atoms with Crippen LogP contribution in [-0.2, 0) is 4.79 Å². The highest BCUT2D eigenvalue weighted by Crippen LogP contribution is 2.21. The van der Waals surface area contributed by atoms with Gasteiger partial charge in [-0.15, -0.1) is 0 Å². The van der Waals surface area contributed by atoms with E-state index in [1.54, 1.807) is 9.58 Å². The third kappa shape index (κ3) is 1.48. The molecule has 1 aromatic rings. The molecule has 0 radical (unpaired) electrons. The van der Waals surface area contributed by atoms with Crippen molar-refractivity contribution >= 4 is 21.8 Å². The zero-order valence-corrected chi connectivity index (χ0v) is 8.86. The SMILES string of the molecule is CN1CCC(n2ccc(Br)n2)C1=O. The first kappa shape index (κ1) is 8.74. The first-order valence-corrected chi connectivity index (χ1v) is 4.93. The monoisotopic (exact) mass is 243 g/mol. The van der Waals surface area contributed by atoms with Gasteiger partial charge in [0, 0.05) is 19.8 Å². The topological polar surface area (TPSA) is 38.1 Å². The summed E-state index contributed by atoms with van der Waals surface area (Å²) in [7, 11) is 1.82. The van der Waals surface area contributed by atoms with Gasteiger partial charge < -0.3 is 4.90 Å². The molecule has 0 saturated carbocycles. The number of hydrogen-bond donors (Lipinski definition) is 0. The van der Waals surface area contributed by atoms with Gasteiger partial charge in [-0.2, -0.15) is 5.10 Å². The second-order valence-electron chi connectivity index (χ2n) is 3.18. The van der Waals surface area contributed by atoms with Crippen LogP contribution in [0.25, 0.3) is 0 Å². The first-order chi connectivity index (χ1) is 6.18. The van der Waals surface area contributed by atoms with E-state index in [0.29, 0.717) is 0 Å². The van der Waals surface area contributed by atoms with Gasteiger partial charge in [-0.05, 0) is 28.4 Å². The van der Waals surface area contributed by atoms with Crippen molar-refractivity contribution in [2.24, 2.45) is 0 Å². The number of nitrogens with zero attached hydrogens (tertiary/aromatic N) is 3. The number of amides is 1. The quantitative estimate of drug-likeness (QED) is 0.740. The maximum Gasteiger partial charge on any atom is 0.247 e. The van der Waals surface area contributed by atoms with Gasteiger partial charge in [0.05, 0.1) is 0 Å². The third-order valence-electron chi connectivity index (χ3n) is 2.29. The summed E-state index contributed by atoms with van der Waals surface area (Å²) in [4.78, 5) is 13.3. The number of carbonyl (C=O) groups is 1. The van der Waals surface area contributed by atoms with Crippen LogP contribution in [0.2, 0.25) is 0 Å². The largest absolute Gasteiger partial charge is 0.344 e. The van der Waals surface area contributed by atoms with E-state index < -0.39 is 0 Å². The summed E-state index contributed by atoms with van der Waals surface area (Å²) in [5.41, 5.74) is 0. The average molecular weight is 244 g/mol. The van der Waals surface area contributed by atoms with Gasteiger partial charge in [-0.1, -0.05) is 0 Å². The van der Waals surface area contributed by atoms with Crippen molar-refractivity contribution in [3.8, 4) is 0 Å². The molecule has 0 aromatic carbocycles. The molecule has 1 aromatic heterocycles. The molecule has 13 heavy (non-hydrogen) atoms. The van der Waals surface area contributed by atoms with Crippen LogP contribution in [0.1, 0.15) is 12.5 Å². The van der Waals surface area contributed by atoms with Crippen molar-refractivity contribution < 1.29 is 4.79 Å². The Morgan fingerprint density at radius 2 is 2.46 bits per heavy atom. The predicted octanol–water partition coefficient (Wildman–Crippen LogP) is 1.05. The number of rotatable bonds is 1. The highest BCUT2D eigenvalue weighted by atomic mass is 79.9. The lowest BCUT2D eigenvalue weighted by atomic mass is 10.2. The van der Waals surface area contributed by atoms with Gasteiger partial charge >= 0.3 is 0 Å². The number of likely N-dealkylation sites (tertiary alicyclic amines) is 1. The lowest BCUT2D eigenvalue weighted by Gasteiger charge is -2.09. The molecule has 2 heterocycles. The van der Waals surface area contributed by atoms with E-state index >= 15 is 0 Å². The molecule has 5 heteroatoms. The summed E-state index contributed by atoms with van der Waals surface area (Å²) < 4.78 is 2.49. The molecular formula is C8H10BrN3O. The van der Waals surface area contributed by atoms with Crippen molar-refractivity contribution in [3.63, 3.8) is 0 Å². The summed E-state index contributed by atoms with van der Waals surface area (Å²) in [6.45, 7) is 0.820. The molecular weight excluding hydrogens is 234 g/mol. The van der Waals surface area contributed by atoms with Crippen molar-refractivity contribution in [1.82, 2.24) is 14.7 Å². The number of likely N-dealkylation sites (N-methyl/N-ethyl adjacent to an activating group) is 1. The zero-order valence-electron chi connectivity index (χ0n) is 7.27. The van der Waals surface area contributed by atoms with E-state index in [1.165, 1.54) is 0 Å². The zero-order chi connectivity index (χ0) is 9.42. The van der Waals surface area contributed by atoms with Crippen molar-refractivity contribution in [1.29, 1.82) is 0 Å². The highest BCUT2D eigenvalue weighted by molar-refractivity contribution is 9.10. The molecule has 70 valence electrons. The molecule has 1 aliphatic rings. The molecule has 0 spiro atoms. The second-order valence-corrected chi connectivity index (χ2v) is 4.00. The number of halogens is 1. The molecule has 0 bridgehead atoms.